The summed E-state index contributed by atoms with van der Waals surface area (Å²) in [7, 11) is 0. The average molecular weight is 330 g/mol. The molecule has 1 saturated heterocycles. The van der Waals surface area contributed by atoms with Crippen LogP contribution >= 0.6 is 11.3 Å². The lowest BCUT2D eigenvalue weighted by Gasteiger charge is -2.20. The number of amides is 1. The van der Waals surface area contributed by atoms with E-state index < -0.39 is 30.0 Å². The van der Waals surface area contributed by atoms with Gasteiger partial charge in [0, 0.05) is 0 Å². The predicted molar refractivity (Wildman–Crippen MR) is 85.4 cm³/mol. The quantitative estimate of drug-likeness (QED) is 0.842. The van der Waals surface area contributed by atoms with Crippen LogP contribution in [0.25, 0.3) is 10.2 Å². The molecule has 23 heavy (non-hydrogen) atoms. The molecular weight excluding hydrogens is 316 g/mol. The molecule has 1 aromatic carbocycles. The third-order valence-corrected chi connectivity index (χ3v) is 5.20. The van der Waals surface area contributed by atoms with Crippen LogP contribution in [-0.4, -0.2) is 34.2 Å². The van der Waals surface area contributed by atoms with E-state index >= 15 is 0 Å². The van der Waals surface area contributed by atoms with E-state index in [1.165, 1.54) is 11.3 Å². The Morgan fingerprint density at radius 1 is 1.26 bits per heavy atom. The van der Waals surface area contributed by atoms with Gasteiger partial charge in [-0.25, -0.2) is 4.98 Å². The summed E-state index contributed by atoms with van der Waals surface area (Å²) in [6.45, 7) is 1.99. The van der Waals surface area contributed by atoms with Crippen molar-refractivity contribution in [1.82, 2.24) is 4.98 Å². The maximum atomic E-state index is 12.5. The topological polar surface area (TPSA) is 88.5 Å². The highest BCUT2D eigenvalue weighted by Gasteiger charge is 2.53. The van der Waals surface area contributed by atoms with Crippen molar-refractivity contribution >= 4 is 38.6 Å². The van der Waals surface area contributed by atoms with E-state index in [0.29, 0.717) is 5.13 Å². The van der Waals surface area contributed by atoms with E-state index in [-0.39, 0.29) is 5.91 Å². The van der Waals surface area contributed by atoms with Crippen molar-refractivity contribution in [2.24, 2.45) is 11.8 Å². The molecule has 2 aromatic rings. The molecule has 7 heteroatoms. The molecule has 2 N–H and O–H groups in total. The fourth-order valence-corrected chi connectivity index (χ4v) is 4.16. The van der Waals surface area contributed by atoms with E-state index in [4.69, 9.17) is 4.74 Å². The highest BCUT2D eigenvalue weighted by molar-refractivity contribution is 7.22. The van der Waals surface area contributed by atoms with Crippen LogP contribution in [0.5, 0.6) is 0 Å². The second-order valence-electron chi connectivity index (χ2n) is 5.82. The number of hydrogen-bond donors (Lipinski definition) is 2. The number of anilines is 1. The zero-order valence-electron chi connectivity index (χ0n) is 12.2. The Balaban J connectivity index is 1.59. The van der Waals surface area contributed by atoms with Gasteiger partial charge in [-0.3, -0.25) is 9.59 Å². The molecule has 0 saturated carbocycles. The molecule has 1 amide bonds. The van der Waals surface area contributed by atoms with Crippen LogP contribution in [0.4, 0.5) is 5.13 Å². The van der Waals surface area contributed by atoms with E-state index in [0.717, 1.165) is 15.8 Å². The Labute approximate surface area is 135 Å². The first-order valence-electron chi connectivity index (χ1n) is 7.27. The molecule has 4 atom stereocenters. The number of benzene rings is 1. The van der Waals surface area contributed by atoms with Crippen molar-refractivity contribution in [3.8, 4) is 0 Å². The lowest BCUT2D eigenvalue weighted by atomic mass is 9.82. The summed E-state index contributed by atoms with van der Waals surface area (Å²) < 4.78 is 6.51. The normalized spacial score (nSPS) is 28.4. The van der Waals surface area contributed by atoms with E-state index in [2.05, 4.69) is 10.3 Å². The fraction of sp³-hybridized carbons (Fsp3) is 0.312. The molecule has 1 aromatic heterocycles. The molecule has 0 radical (unpaired) electrons. The first kappa shape index (κ1) is 14.3. The van der Waals surface area contributed by atoms with Gasteiger partial charge in [0.2, 0.25) is 5.91 Å². The summed E-state index contributed by atoms with van der Waals surface area (Å²) in [6.07, 6.45) is 2.48. The SMILES string of the molecule is Cc1ccc2nc(NC(=O)[C@H]3[C@@H](C(=O)O)[C@H]4C=C[C@@H]3O4)sc2c1. The summed E-state index contributed by atoms with van der Waals surface area (Å²) >= 11 is 1.38. The second kappa shape index (κ2) is 5.14. The number of aromatic nitrogens is 1. The van der Waals surface area contributed by atoms with Gasteiger partial charge in [0.1, 0.15) is 5.92 Å². The van der Waals surface area contributed by atoms with E-state index in [1.807, 2.05) is 25.1 Å². The number of carbonyl (C=O) groups excluding carboxylic acids is 1. The lowest BCUT2D eigenvalue weighted by Crippen LogP contribution is -2.39. The third kappa shape index (κ3) is 2.32. The molecule has 2 bridgehead atoms. The molecule has 1 fully saturated rings. The van der Waals surface area contributed by atoms with Gasteiger partial charge in [-0.2, -0.15) is 0 Å². The Morgan fingerprint density at radius 3 is 2.74 bits per heavy atom. The Morgan fingerprint density at radius 2 is 2.00 bits per heavy atom. The highest BCUT2D eigenvalue weighted by atomic mass is 32.1. The number of nitrogens with zero attached hydrogens (tertiary/aromatic N) is 1. The van der Waals surface area contributed by atoms with Crippen molar-refractivity contribution in [1.29, 1.82) is 0 Å². The summed E-state index contributed by atoms with van der Waals surface area (Å²) in [5.41, 5.74) is 1.94. The molecular formula is C16H14N2O4S. The Hall–Kier alpha value is -2.25. The summed E-state index contributed by atoms with van der Waals surface area (Å²) in [4.78, 5) is 28.3. The number of hydrogen-bond acceptors (Lipinski definition) is 5. The number of fused-ring (bicyclic) bond motifs is 3. The van der Waals surface area contributed by atoms with Gasteiger partial charge in [-0.1, -0.05) is 29.6 Å². The largest absolute Gasteiger partial charge is 0.481 e. The zero-order chi connectivity index (χ0) is 16.1. The Bertz CT molecular complexity index is 844. The van der Waals surface area contributed by atoms with Crippen molar-refractivity contribution in [3.05, 3.63) is 35.9 Å². The van der Waals surface area contributed by atoms with Gasteiger partial charge in [-0.15, -0.1) is 0 Å². The van der Waals surface area contributed by atoms with Crippen LogP contribution in [-0.2, 0) is 14.3 Å². The molecule has 0 spiro atoms. The molecule has 3 heterocycles. The number of thiazole rings is 1. The van der Waals surface area contributed by atoms with Crippen LogP contribution in [0, 0.1) is 18.8 Å². The van der Waals surface area contributed by atoms with Gasteiger partial charge < -0.3 is 15.2 Å². The standard InChI is InChI=1S/C16H14N2O4S/c1-7-2-3-8-11(6-7)23-16(17-8)18-14(19)12-9-4-5-10(22-9)13(12)15(20)21/h2-6,9-10,12-13H,1H3,(H,20,21)(H,17,18,19)/t9-,10+,12+,13-/m0/s1. The van der Waals surface area contributed by atoms with Crippen molar-refractivity contribution in [2.75, 3.05) is 5.32 Å². The fourth-order valence-electron chi connectivity index (χ4n) is 3.19. The van der Waals surface area contributed by atoms with E-state index in [1.54, 1.807) is 12.2 Å². The smallest absolute Gasteiger partial charge is 0.310 e. The number of ether oxygens (including phenoxy) is 1. The molecule has 0 unspecified atom stereocenters. The van der Waals surface area contributed by atoms with E-state index in [9.17, 15) is 14.7 Å². The first-order chi connectivity index (χ1) is 11.0. The molecule has 118 valence electrons. The average Bonchev–Trinajstić information content (AvgIpc) is 3.18. The monoisotopic (exact) mass is 330 g/mol. The van der Waals surface area contributed by atoms with Gasteiger partial charge in [0.15, 0.2) is 5.13 Å². The number of carboxylic acid groups (broad SMARTS) is 1. The van der Waals surface area contributed by atoms with Crippen molar-refractivity contribution in [3.63, 3.8) is 0 Å². The minimum atomic E-state index is -1.01. The van der Waals surface area contributed by atoms with Crippen LogP contribution < -0.4 is 5.32 Å². The first-order valence-corrected chi connectivity index (χ1v) is 8.09. The molecule has 2 aliphatic heterocycles. The maximum absolute atomic E-state index is 12.5. The zero-order valence-corrected chi connectivity index (χ0v) is 13.0. The molecule has 0 aliphatic carbocycles. The van der Waals surface area contributed by atoms with Crippen LogP contribution in [0.1, 0.15) is 5.56 Å². The second-order valence-corrected chi connectivity index (χ2v) is 6.85. The number of rotatable bonds is 3. The van der Waals surface area contributed by atoms with Crippen LogP contribution in [0.3, 0.4) is 0 Å². The summed E-state index contributed by atoms with van der Waals surface area (Å²) in [5.74, 6) is -2.94. The molecule has 4 rings (SSSR count). The highest BCUT2D eigenvalue weighted by Crippen LogP contribution is 2.40. The van der Waals surface area contributed by atoms with Gasteiger partial charge in [-0.05, 0) is 24.6 Å². The summed E-state index contributed by atoms with van der Waals surface area (Å²) in [5, 5.41) is 12.6. The molecule has 2 aliphatic rings. The minimum absolute atomic E-state index is 0.356. The van der Waals surface area contributed by atoms with Gasteiger partial charge in [0.05, 0.1) is 28.3 Å². The van der Waals surface area contributed by atoms with Gasteiger partial charge in [0.25, 0.3) is 0 Å². The van der Waals surface area contributed by atoms with Crippen LogP contribution in [0.15, 0.2) is 30.4 Å². The third-order valence-electron chi connectivity index (χ3n) is 4.26. The van der Waals surface area contributed by atoms with Crippen molar-refractivity contribution in [2.45, 2.75) is 19.1 Å². The summed E-state index contributed by atoms with van der Waals surface area (Å²) in [6, 6.07) is 5.87. The lowest BCUT2D eigenvalue weighted by molar-refractivity contribution is -0.145. The predicted octanol–water partition coefficient (Wildman–Crippen LogP) is 2.20. The number of carbonyl (C=O) groups is 2. The number of aryl methyl sites for hydroxylation is 1. The number of nitrogens with one attached hydrogen (secondary N) is 1. The maximum Gasteiger partial charge on any atom is 0.310 e. The molecule has 6 nitrogen and oxygen atoms in total. The Kier molecular flexibility index (Phi) is 3.21. The number of carboxylic acids is 1. The van der Waals surface area contributed by atoms with Crippen molar-refractivity contribution < 1.29 is 19.4 Å². The minimum Gasteiger partial charge on any atom is -0.481 e. The number of aliphatic carboxylic acids is 1. The van der Waals surface area contributed by atoms with Gasteiger partial charge >= 0.3 is 5.97 Å². The van der Waals surface area contributed by atoms with Crippen LogP contribution in [0.2, 0.25) is 0 Å².